The van der Waals surface area contributed by atoms with Crippen LogP contribution in [0.25, 0.3) is 11.1 Å². The number of rotatable bonds is 5. The van der Waals surface area contributed by atoms with Crippen LogP contribution in [0.2, 0.25) is 0 Å². The highest BCUT2D eigenvalue weighted by molar-refractivity contribution is 7.89. The number of hydrogen-bond acceptors (Lipinski definition) is 6. The standard InChI is InChI=1S/C16H19N5O3S/c1-2-14-13-7-12(9-18-16(13)24-20-14)25(22,23)19-8-11-3-4-15-17-5-6-21(15)10-11/h5-7,9,11,19H,2-4,8,10H2,1H3. The Morgan fingerprint density at radius 1 is 1.40 bits per heavy atom. The molecule has 1 aliphatic heterocycles. The molecule has 0 spiro atoms. The monoisotopic (exact) mass is 361 g/mol. The van der Waals surface area contributed by atoms with E-state index in [0.29, 0.717) is 29.8 Å². The smallest absolute Gasteiger partial charge is 0.258 e. The van der Waals surface area contributed by atoms with Crippen LogP contribution in [-0.2, 0) is 29.4 Å². The maximum atomic E-state index is 12.6. The highest BCUT2D eigenvalue weighted by Gasteiger charge is 2.23. The zero-order chi connectivity index (χ0) is 17.4. The summed E-state index contributed by atoms with van der Waals surface area (Å²) in [5.41, 5.74) is 1.06. The van der Waals surface area contributed by atoms with Gasteiger partial charge in [-0.3, -0.25) is 0 Å². The van der Waals surface area contributed by atoms with Gasteiger partial charge in [0.15, 0.2) is 0 Å². The van der Waals surface area contributed by atoms with Crippen LogP contribution in [0.5, 0.6) is 0 Å². The van der Waals surface area contributed by atoms with Crippen molar-refractivity contribution in [2.24, 2.45) is 5.92 Å². The third-order valence-electron chi connectivity index (χ3n) is 4.62. The molecular formula is C16H19N5O3S. The minimum Gasteiger partial charge on any atom is -0.336 e. The van der Waals surface area contributed by atoms with Gasteiger partial charge in [0.25, 0.3) is 5.71 Å². The summed E-state index contributed by atoms with van der Waals surface area (Å²) < 4.78 is 35.1. The number of fused-ring (bicyclic) bond motifs is 2. The number of aryl methyl sites for hydroxylation is 2. The van der Waals surface area contributed by atoms with Gasteiger partial charge in [0.05, 0.1) is 17.3 Å². The molecule has 1 N–H and O–H groups in total. The predicted octanol–water partition coefficient (Wildman–Crippen LogP) is 1.52. The van der Waals surface area contributed by atoms with Gasteiger partial charge >= 0.3 is 0 Å². The zero-order valence-corrected chi connectivity index (χ0v) is 14.7. The van der Waals surface area contributed by atoms with Gasteiger partial charge in [0.1, 0.15) is 10.7 Å². The molecule has 4 heterocycles. The quantitative estimate of drug-likeness (QED) is 0.739. The minimum absolute atomic E-state index is 0.136. The Labute approximate surface area is 145 Å². The minimum atomic E-state index is -3.62. The normalized spacial score (nSPS) is 17.7. The van der Waals surface area contributed by atoms with Crippen LogP contribution in [0.15, 0.2) is 34.1 Å². The molecule has 1 unspecified atom stereocenters. The van der Waals surface area contributed by atoms with E-state index in [-0.39, 0.29) is 10.8 Å². The fourth-order valence-electron chi connectivity index (χ4n) is 3.18. The Bertz CT molecular complexity index is 1010. The van der Waals surface area contributed by atoms with Crippen molar-refractivity contribution in [1.82, 2.24) is 24.4 Å². The summed E-state index contributed by atoms with van der Waals surface area (Å²) in [5.74, 6) is 1.31. The average Bonchev–Trinajstić information content (AvgIpc) is 3.25. The summed E-state index contributed by atoms with van der Waals surface area (Å²) in [4.78, 5) is 8.50. The van der Waals surface area contributed by atoms with Crippen molar-refractivity contribution in [2.75, 3.05) is 6.54 Å². The lowest BCUT2D eigenvalue weighted by Gasteiger charge is -2.23. The van der Waals surface area contributed by atoms with Crippen molar-refractivity contribution in [2.45, 2.75) is 37.6 Å². The predicted molar refractivity (Wildman–Crippen MR) is 90.4 cm³/mol. The summed E-state index contributed by atoms with van der Waals surface area (Å²) in [6.07, 6.45) is 7.47. The third kappa shape index (κ3) is 3.05. The highest BCUT2D eigenvalue weighted by Crippen LogP contribution is 2.22. The van der Waals surface area contributed by atoms with E-state index < -0.39 is 10.0 Å². The molecule has 4 rings (SSSR count). The van der Waals surface area contributed by atoms with Crippen LogP contribution in [0, 0.1) is 5.92 Å². The van der Waals surface area contributed by atoms with Crippen molar-refractivity contribution in [1.29, 1.82) is 0 Å². The van der Waals surface area contributed by atoms with Gasteiger partial charge in [-0.15, -0.1) is 0 Å². The van der Waals surface area contributed by atoms with Gasteiger partial charge in [-0.05, 0) is 24.8 Å². The first-order valence-electron chi connectivity index (χ1n) is 8.31. The Morgan fingerprint density at radius 3 is 3.12 bits per heavy atom. The Hall–Kier alpha value is -2.26. The molecule has 0 fully saturated rings. The Kier molecular flexibility index (Phi) is 4.04. The van der Waals surface area contributed by atoms with E-state index in [1.54, 1.807) is 12.3 Å². The van der Waals surface area contributed by atoms with E-state index in [0.717, 1.165) is 25.2 Å². The summed E-state index contributed by atoms with van der Waals surface area (Å²) >= 11 is 0. The average molecular weight is 361 g/mol. The molecule has 0 amide bonds. The molecular weight excluding hydrogens is 342 g/mol. The third-order valence-corrected chi connectivity index (χ3v) is 6.01. The summed E-state index contributed by atoms with van der Waals surface area (Å²) in [6, 6.07) is 1.58. The number of hydrogen-bond donors (Lipinski definition) is 1. The van der Waals surface area contributed by atoms with Crippen LogP contribution < -0.4 is 4.72 Å². The van der Waals surface area contributed by atoms with Crippen LogP contribution in [-0.4, -0.2) is 34.7 Å². The van der Waals surface area contributed by atoms with Gasteiger partial charge in [-0.2, -0.15) is 0 Å². The summed E-state index contributed by atoms with van der Waals surface area (Å²) in [5, 5.41) is 4.56. The maximum absolute atomic E-state index is 12.6. The molecule has 0 radical (unpaired) electrons. The first-order chi connectivity index (χ1) is 12.1. The van der Waals surface area contributed by atoms with E-state index in [1.165, 1.54) is 6.20 Å². The van der Waals surface area contributed by atoms with Crippen molar-refractivity contribution in [3.63, 3.8) is 0 Å². The molecule has 3 aromatic rings. The SMILES string of the molecule is CCc1noc2ncc(S(=O)(=O)NCC3CCc4nccn4C3)cc12. The van der Waals surface area contributed by atoms with Crippen molar-refractivity contribution >= 4 is 21.1 Å². The second-order valence-electron chi connectivity index (χ2n) is 6.26. The topological polar surface area (TPSA) is 103 Å². The Balaban J connectivity index is 1.50. The molecule has 25 heavy (non-hydrogen) atoms. The lowest BCUT2D eigenvalue weighted by Crippen LogP contribution is -2.33. The fraction of sp³-hybridized carbons (Fsp3) is 0.438. The molecule has 3 aromatic heterocycles. The number of aromatic nitrogens is 4. The number of nitrogens with one attached hydrogen (secondary N) is 1. The fourth-order valence-corrected chi connectivity index (χ4v) is 4.26. The molecule has 8 nitrogen and oxygen atoms in total. The molecule has 1 aliphatic rings. The van der Waals surface area contributed by atoms with Crippen molar-refractivity contribution < 1.29 is 12.9 Å². The molecule has 0 bridgehead atoms. The van der Waals surface area contributed by atoms with E-state index in [1.807, 2.05) is 13.1 Å². The number of pyridine rings is 1. The molecule has 0 saturated heterocycles. The molecule has 0 saturated carbocycles. The van der Waals surface area contributed by atoms with Crippen LogP contribution in [0.1, 0.15) is 24.9 Å². The second-order valence-corrected chi connectivity index (χ2v) is 8.03. The van der Waals surface area contributed by atoms with Gasteiger partial charge in [-0.25, -0.2) is 23.1 Å². The molecule has 0 aliphatic carbocycles. The molecule has 132 valence electrons. The summed E-state index contributed by atoms with van der Waals surface area (Å²) in [7, 11) is -3.62. The van der Waals surface area contributed by atoms with Gasteiger partial charge in [-0.1, -0.05) is 12.1 Å². The highest BCUT2D eigenvalue weighted by atomic mass is 32.2. The zero-order valence-electron chi connectivity index (χ0n) is 13.8. The van der Waals surface area contributed by atoms with Gasteiger partial charge < -0.3 is 9.09 Å². The van der Waals surface area contributed by atoms with Crippen molar-refractivity contribution in [3.05, 3.63) is 36.2 Å². The van der Waals surface area contributed by atoms with E-state index in [2.05, 4.69) is 24.4 Å². The lowest BCUT2D eigenvalue weighted by atomic mass is 10.00. The second kappa shape index (κ2) is 6.23. The van der Waals surface area contributed by atoms with Crippen LogP contribution >= 0.6 is 0 Å². The number of imidazole rings is 1. The lowest BCUT2D eigenvalue weighted by molar-refractivity contribution is 0.363. The number of sulfonamides is 1. The van der Waals surface area contributed by atoms with Gasteiger partial charge in [0, 0.05) is 31.9 Å². The summed E-state index contributed by atoms with van der Waals surface area (Å²) in [6.45, 7) is 3.10. The largest absolute Gasteiger partial charge is 0.336 e. The van der Waals surface area contributed by atoms with Gasteiger partial charge in [0.2, 0.25) is 10.0 Å². The number of nitrogens with zero attached hydrogens (tertiary/aromatic N) is 4. The first-order valence-corrected chi connectivity index (χ1v) is 9.79. The van der Waals surface area contributed by atoms with E-state index in [9.17, 15) is 8.42 Å². The maximum Gasteiger partial charge on any atom is 0.258 e. The van der Waals surface area contributed by atoms with E-state index >= 15 is 0 Å². The van der Waals surface area contributed by atoms with Crippen molar-refractivity contribution in [3.8, 4) is 0 Å². The Morgan fingerprint density at radius 2 is 2.28 bits per heavy atom. The van der Waals surface area contributed by atoms with Crippen LogP contribution in [0.4, 0.5) is 0 Å². The van der Waals surface area contributed by atoms with Crippen LogP contribution in [0.3, 0.4) is 0 Å². The molecule has 1 atom stereocenters. The molecule has 0 aromatic carbocycles. The molecule has 9 heteroatoms. The first kappa shape index (κ1) is 16.2. The van der Waals surface area contributed by atoms with E-state index in [4.69, 9.17) is 4.52 Å².